The van der Waals surface area contributed by atoms with Crippen LogP contribution in [0, 0.1) is 0 Å². The second-order valence-corrected chi connectivity index (χ2v) is 9.81. The van der Waals surface area contributed by atoms with Crippen molar-refractivity contribution in [2.75, 3.05) is 44.7 Å². The summed E-state index contributed by atoms with van der Waals surface area (Å²) in [7, 11) is 0. The summed E-state index contributed by atoms with van der Waals surface area (Å²) in [6.07, 6.45) is 6.13. The van der Waals surface area contributed by atoms with Gasteiger partial charge in [0.25, 0.3) is 0 Å². The van der Waals surface area contributed by atoms with Gasteiger partial charge in [-0.05, 0) is 56.5 Å². The summed E-state index contributed by atoms with van der Waals surface area (Å²) in [6.45, 7) is 6.46. The molecule has 0 aliphatic carbocycles. The highest BCUT2D eigenvalue weighted by molar-refractivity contribution is 6.32. The third-order valence-corrected chi connectivity index (χ3v) is 7.75. The molecule has 3 saturated heterocycles. The minimum absolute atomic E-state index is 0.383. The fourth-order valence-electron chi connectivity index (χ4n) is 5.55. The highest BCUT2D eigenvalue weighted by atomic mass is 35.5. The van der Waals surface area contributed by atoms with Gasteiger partial charge in [-0.25, -0.2) is 9.97 Å². The quantitative estimate of drug-likeness (QED) is 0.729. The van der Waals surface area contributed by atoms with Crippen LogP contribution in [0.1, 0.15) is 54.3 Å². The molecule has 0 amide bonds. The molecular weight excluding hydrogens is 426 g/mol. The minimum Gasteiger partial charge on any atom is -0.485 e. The number of nitrogens with zero attached hydrogens (tertiary/aromatic N) is 3. The number of anilines is 2. The lowest BCUT2D eigenvalue weighted by molar-refractivity contribution is 0.0729. The van der Waals surface area contributed by atoms with Crippen LogP contribution >= 0.6 is 11.6 Å². The zero-order chi connectivity index (χ0) is 21.5. The highest BCUT2D eigenvalue weighted by Crippen LogP contribution is 2.44. The molecule has 0 radical (unpaired) electrons. The zero-order valence-electron chi connectivity index (χ0n) is 18.3. The molecule has 0 unspecified atom stereocenters. The lowest BCUT2D eigenvalue weighted by Crippen LogP contribution is -2.53. The Morgan fingerprint density at radius 1 is 1.00 bits per heavy atom. The first kappa shape index (κ1) is 20.7. The van der Waals surface area contributed by atoms with Crippen molar-refractivity contribution in [3.05, 3.63) is 40.3 Å². The molecule has 170 valence electrons. The van der Waals surface area contributed by atoms with Crippen molar-refractivity contribution >= 4 is 23.1 Å². The number of ether oxygens (including phenoxy) is 2. The van der Waals surface area contributed by atoms with E-state index in [2.05, 4.69) is 37.6 Å². The van der Waals surface area contributed by atoms with Gasteiger partial charge in [0.05, 0.1) is 22.0 Å². The van der Waals surface area contributed by atoms with Crippen LogP contribution in [0.5, 0.6) is 5.75 Å². The third-order valence-electron chi connectivity index (χ3n) is 7.47. The van der Waals surface area contributed by atoms with Gasteiger partial charge in [-0.15, -0.1) is 0 Å². The summed E-state index contributed by atoms with van der Waals surface area (Å²) in [4.78, 5) is 11.8. The second kappa shape index (κ2) is 8.78. The van der Waals surface area contributed by atoms with Crippen molar-refractivity contribution < 1.29 is 9.47 Å². The molecule has 4 aliphatic rings. The van der Waals surface area contributed by atoms with E-state index in [0.29, 0.717) is 29.2 Å². The summed E-state index contributed by atoms with van der Waals surface area (Å²) >= 11 is 6.72. The van der Waals surface area contributed by atoms with E-state index < -0.39 is 0 Å². The van der Waals surface area contributed by atoms with Gasteiger partial charge in [-0.3, -0.25) is 4.90 Å². The Hall–Kier alpha value is -1.93. The summed E-state index contributed by atoms with van der Waals surface area (Å²) in [5.41, 5.74) is 4.29. The van der Waals surface area contributed by atoms with Gasteiger partial charge in [0.2, 0.25) is 0 Å². The third kappa shape index (κ3) is 3.85. The van der Waals surface area contributed by atoms with Gasteiger partial charge in [0.1, 0.15) is 18.8 Å². The Morgan fingerprint density at radius 2 is 1.81 bits per heavy atom. The fourth-order valence-corrected chi connectivity index (χ4v) is 5.84. The van der Waals surface area contributed by atoms with Crippen molar-refractivity contribution in [3.63, 3.8) is 0 Å². The standard InChI is InChI=1S/C24H30ClN5O2/c25-20-9-16(17-11-30(12-17)18-1-5-26-6-2-18)10-21-23(20)32-13-19-22(15-3-7-31-8-4-15)27-14-28-24(19)29-21/h9-10,14-15,17-18,26H,1-8,11-13H2,(H,27,28,29). The first-order chi connectivity index (χ1) is 15.8. The molecule has 0 saturated carbocycles. The van der Waals surface area contributed by atoms with Gasteiger partial charge >= 0.3 is 0 Å². The first-order valence-electron chi connectivity index (χ1n) is 11.9. The number of piperidine rings is 1. The molecule has 2 aromatic rings. The zero-order valence-corrected chi connectivity index (χ0v) is 19.0. The lowest BCUT2D eigenvalue weighted by Gasteiger charge is -2.46. The Kier molecular flexibility index (Phi) is 5.67. The molecule has 32 heavy (non-hydrogen) atoms. The van der Waals surface area contributed by atoms with E-state index in [9.17, 15) is 0 Å². The SMILES string of the molecule is Clc1cc(C2CN(C3CCNCC3)C2)cc2c1OCc1c(ncnc1C1CCOCC1)N2. The molecule has 6 rings (SSSR count). The number of aromatic nitrogens is 2. The normalized spacial score (nSPS) is 22.8. The number of benzene rings is 1. The van der Waals surface area contributed by atoms with Crippen LogP contribution in [-0.2, 0) is 11.3 Å². The number of nitrogens with one attached hydrogen (secondary N) is 2. The maximum atomic E-state index is 6.72. The highest BCUT2D eigenvalue weighted by Gasteiger charge is 2.35. The molecule has 0 spiro atoms. The van der Waals surface area contributed by atoms with Crippen LogP contribution in [0.3, 0.4) is 0 Å². The smallest absolute Gasteiger partial charge is 0.161 e. The molecule has 7 nitrogen and oxygen atoms in total. The molecule has 0 bridgehead atoms. The maximum Gasteiger partial charge on any atom is 0.161 e. The van der Waals surface area contributed by atoms with Crippen LogP contribution in [0.25, 0.3) is 0 Å². The van der Waals surface area contributed by atoms with Crippen LogP contribution in [0.15, 0.2) is 18.5 Å². The number of fused-ring (bicyclic) bond motifs is 2. The minimum atomic E-state index is 0.383. The Morgan fingerprint density at radius 3 is 2.62 bits per heavy atom. The van der Waals surface area contributed by atoms with Gasteiger partial charge in [-0.1, -0.05) is 11.6 Å². The average molecular weight is 456 g/mol. The van der Waals surface area contributed by atoms with E-state index in [1.54, 1.807) is 6.33 Å². The molecule has 0 atom stereocenters. The Bertz CT molecular complexity index is 985. The van der Waals surface area contributed by atoms with Gasteiger partial charge in [-0.2, -0.15) is 0 Å². The largest absolute Gasteiger partial charge is 0.485 e. The van der Waals surface area contributed by atoms with E-state index >= 15 is 0 Å². The van der Waals surface area contributed by atoms with E-state index in [-0.39, 0.29) is 0 Å². The van der Waals surface area contributed by atoms with E-state index in [1.165, 1.54) is 18.4 Å². The number of likely N-dealkylation sites (tertiary alicyclic amines) is 1. The predicted octanol–water partition coefficient (Wildman–Crippen LogP) is 3.81. The molecule has 4 aliphatic heterocycles. The number of hydrogen-bond acceptors (Lipinski definition) is 7. The Balaban J connectivity index is 1.23. The van der Waals surface area contributed by atoms with Crippen molar-refractivity contribution in [2.45, 2.75) is 50.2 Å². The molecule has 3 fully saturated rings. The van der Waals surface area contributed by atoms with Crippen molar-refractivity contribution in [2.24, 2.45) is 0 Å². The predicted molar refractivity (Wildman–Crippen MR) is 124 cm³/mol. The molecule has 1 aromatic carbocycles. The summed E-state index contributed by atoms with van der Waals surface area (Å²) in [5, 5.41) is 7.65. The first-order valence-corrected chi connectivity index (χ1v) is 12.2. The summed E-state index contributed by atoms with van der Waals surface area (Å²) in [5.74, 6) is 2.44. The molecular formula is C24H30ClN5O2. The molecule has 1 aromatic heterocycles. The lowest BCUT2D eigenvalue weighted by atomic mass is 9.88. The van der Waals surface area contributed by atoms with Crippen molar-refractivity contribution in [1.82, 2.24) is 20.2 Å². The summed E-state index contributed by atoms with van der Waals surface area (Å²) < 4.78 is 11.8. The van der Waals surface area contributed by atoms with Crippen LogP contribution < -0.4 is 15.4 Å². The average Bonchev–Trinajstić information content (AvgIpc) is 2.99. The van der Waals surface area contributed by atoms with Crippen molar-refractivity contribution in [1.29, 1.82) is 0 Å². The molecule has 2 N–H and O–H groups in total. The molecule has 5 heterocycles. The van der Waals surface area contributed by atoms with E-state index in [4.69, 9.17) is 21.1 Å². The molecule has 8 heteroatoms. The second-order valence-electron chi connectivity index (χ2n) is 9.40. The fraction of sp³-hybridized carbons (Fsp3) is 0.583. The van der Waals surface area contributed by atoms with Crippen molar-refractivity contribution in [3.8, 4) is 5.75 Å². The maximum absolute atomic E-state index is 6.72. The van der Waals surface area contributed by atoms with Gasteiger partial charge in [0, 0.05) is 44.2 Å². The van der Waals surface area contributed by atoms with Crippen LogP contribution in [0.2, 0.25) is 5.02 Å². The van der Waals surface area contributed by atoms with Gasteiger partial charge in [0.15, 0.2) is 5.75 Å². The van der Waals surface area contributed by atoms with E-state index in [0.717, 1.165) is 81.0 Å². The monoisotopic (exact) mass is 455 g/mol. The number of halogens is 1. The van der Waals surface area contributed by atoms with Crippen LogP contribution in [-0.4, -0.2) is 60.3 Å². The number of rotatable bonds is 3. The Labute approximate surface area is 193 Å². The van der Waals surface area contributed by atoms with E-state index in [1.807, 2.05) is 0 Å². The van der Waals surface area contributed by atoms with Gasteiger partial charge < -0.3 is 20.1 Å². The topological polar surface area (TPSA) is 71.5 Å². The summed E-state index contributed by atoms with van der Waals surface area (Å²) in [6, 6.07) is 5.02. The number of hydrogen-bond donors (Lipinski definition) is 2. The van der Waals surface area contributed by atoms with Crippen LogP contribution in [0.4, 0.5) is 11.5 Å².